The molecule has 0 aliphatic carbocycles. The minimum absolute atomic E-state index is 0.126. The smallest absolute Gasteiger partial charge is 0.291 e. The van der Waals surface area contributed by atoms with Crippen LogP contribution in [0.2, 0.25) is 0 Å². The van der Waals surface area contributed by atoms with E-state index < -0.39 is 5.82 Å². The Labute approximate surface area is 212 Å². The van der Waals surface area contributed by atoms with Gasteiger partial charge in [-0.1, -0.05) is 29.5 Å². The summed E-state index contributed by atoms with van der Waals surface area (Å²) in [5.41, 5.74) is 2.72. The lowest BCUT2D eigenvalue weighted by atomic mass is 10.1. The number of nitrogens with zero attached hydrogens (tertiary/aromatic N) is 5. The van der Waals surface area contributed by atoms with E-state index in [-0.39, 0.29) is 17.1 Å². The standard InChI is InChI=1S/C27H17F2N5O2S/c1-36-22-12-9-17(13-21(22)29)24-18(15-33(31-24)20-5-3-2-4-6-20)14-23-26(35)34-27(37-23)30-25(32-34)16-7-10-19(28)11-8-16/h2-15H,1H3. The second kappa shape index (κ2) is 9.07. The number of hydrogen-bond acceptors (Lipinski definition) is 6. The lowest BCUT2D eigenvalue weighted by Gasteiger charge is -2.04. The minimum atomic E-state index is -0.517. The first kappa shape index (κ1) is 22.7. The van der Waals surface area contributed by atoms with Gasteiger partial charge < -0.3 is 4.74 Å². The maximum absolute atomic E-state index is 14.5. The lowest BCUT2D eigenvalue weighted by molar-refractivity contribution is 0.386. The fourth-order valence-electron chi connectivity index (χ4n) is 3.94. The Kier molecular flexibility index (Phi) is 5.57. The zero-order chi connectivity index (χ0) is 25.5. The molecule has 0 bridgehead atoms. The Morgan fingerprint density at radius 3 is 2.41 bits per heavy atom. The van der Waals surface area contributed by atoms with Crippen LogP contribution in [0.3, 0.4) is 0 Å². The number of aromatic nitrogens is 5. The molecule has 6 rings (SSSR count). The van der Waals surface area contributed by atoms with E-state index in [1.165, 1.54) is 47.2 Å². The van der Waals surface area contributed by atoms with Crippen molar-refractivity contribution in [2.75, 3.05) is 7.11 Å². The van der Waals surface area contributed by atoms with Crippen LogP contribution in [0.4, 0.5) is 8.78 Å². The molecule has 0 N–H and O–H groups in total. The zero-order valence-electron chi connectivity index (χ0n) is 19.3. The fraction of sp³-hybridized carbons (Fsp3) is 0.0370. The third kappa shape index (κ3) is 4.17. The normalized spacial score (nSPS) is 11.9. The first-order valence-corrected chi connectivity index (χ1v) is 12.0. The number of methoxy groups -OCH3 is 1. The molecule has 3 aromatic heterocycles. The van der Waals surface area contributed by atoms with Gasteiger partial charge >= 0.3 is 0 Å². The highest BCUT2D eigenvalue weighted by Crippen LogP contribution is 2.28. The zero-order valence-corrected chi connectivity index (χ0v) is 20.1. The fourth-order valence-corrected chi connectivity index (χ4v) is 4.84. The lowest BCUT2D eigenvalue weighted by Crippen LogP contribution is -2.23. The summed E-state index contributed by atoms with van der Waals surface area (Å²) in [5, 5.41) is 9.00. The van der Waals surface area contributed by atoms with Gasteiger partial charge in [0.25, 0.3) is 5.56 Å². The molecule has 0 saturated carbocycles. The number of benzene rings is 3. The minimum Gasteiger partial charge on any atom is -0.494 e. The molecular weight excluding hydrogens is 496 g/mol. The molecule has 0 fully saturated rings. The molecule has 0 saturated heterocycles. The van der Waals surface area contributed by atoms with Crippen LogP contribution in [0.5, 0.6) is 5.75 Å². The van der Waals surface area contributed by atoms with E-state index in [9.17, 15) is 13.6 Å². The summed E-state index contributed by atoms with van der Waals surface area (Å²) < 4.78 is 36.1. The molecule has 3 aromatic carbocycles. The second-order valence-corrected chi connectivity index (χ2v) is 9.12. The van der Waals surface area contributed by atoms with Gasteiger partial charge in [0, 0.05) is 22.9 Å². The summed E-state index contributed by atoms with van der Waals surface area (Å²) >= 11 is 1.17. The van der Waals surface area contributed by atoms with Crippen molar-refractivity contribution in [2.24, 2.45) is 0 Å². The predicted molar refractivity (Wildman–Crippen MR) is 137 cm³/mol. The van der Waals surface area contributed by atoms with Crippen LogP contribution in [0.1, 0.15) is 5.56 Å². The van der Waals surface area contributed by atoms with Crippen LogP contribution < -0.4 is 14.8 Å². The van der Waals surface area contributed by atoms with Gasteiger partial charge in [0.2, 0.25) is 4.96 Å². The largest absolute Gasteiger partial charge is 0.494 e. The van der Waals surface area contributed by atoms with Crippen molar-refractivity contribution in [1.29, 1.82) is 0 Å². The number of fused-ring (bicyclic) bond motifs is 1. The van der Waals surface area contributed by atoms with E-state index in [1.807, 2.05) is 30.3 Å². The van der Waals surface area contributed by atoms with E-state index in [1.54, 1.807) is 35.2 Å². The van der Waals surface area contributed by atoms with Gasteiger partial charge in [0.15, 0.2) is 17.4 Å². The summed E-state index contributed by atoms with van der Waals surface area (Å²) in [5.74, 6) is -0.422. The highest BCUT2D eigenvalue weighted by Gasteiger charge is 2.16. The molecule has 0 amide bonds. The second-order valence-electron chi connectivity index (χ2n) is 8.11. The van der Waals surface area contributed by atoms with Gasteiger partial charge in [-0.25, -0.2) is 13.5 Å². The number of thiazole rings is 1. The number of para-hydroxylation sites is 1. The van der Waals surface area contributed by atoms with Gasteiger partial charge in [0.1, 0.15) is 11.5 Å². The summed E-state index contributed by atoms with van der Waals surface area (Å²) in [6.07, 6.45) is 3.48. The van der Waals surface area contributed by atoms with E-state index in [0.29, 0.717) is 37.7 Å². The van der Waals surface area contributed by atoms with Crippen molar-refractivity contribution in [2.45, 2.75) is 0 Å². The van der Waals surface area contributed by atoms with Gasteiger partial charge in [0.05, 0.1) is 17.3 Å². The molecule has 0 aliphatic rings. The molecule has 10 heteroatoms. The molecule has 7 nitrogen and oxygen atoms in total. The van der Waals surface area contributed by atoms with Crippen LogP contribution in [-0.4, -0.2) is 31.5 Å². The maximum atomic E-state index is 14.5. The highest BCUT2D eigenvalue weighted by molar-refractivity contribution is 7.15. The van der Waals surface area contributed by atoms with Gasteiger partial charge in [-0.2, -0.15) is 14.6 Å². The van der Waals surface area contributed by atoms with E-state index in [2.05, 4.69) is 15.2 Å². The summed E-state index contributed by atoms with van der Waals surface area (Å²) in [4.78, 5) is 18.0. The number of ether oxygens (including phenoxy) is 1. The van der Waals surface area contributed by atoms with E-state index >= 15 is 0 Å². The molecule has 0 spiro atoms. The SMILES string of the molecule is COc1ccc(-c2nn(-c3ccccc3)cc2C=c2sc3nc(-c4ccc(F)cc4)nn3c2=O)cc1F. The van der Waals surface area contributed by atoms with Crippen molar-refractivity contribution in [3.8, 4) is 34.1 Å². The van der Waals surface area contributed by atoms with E-state index in [4.69, 9.17) is 4.74 Å². The quantitative estimate of drug-likeness (QED) is 0.339. The average Bonchev–Trinajstić information content (AvgIpc) is 3.60. The van der Waals surface area contributed by atoms with Crippen LogP contribution in [0.25, 0.3) is 39.4 Å². The summed E-state index contributed by atoms with van der Waals surface area (Å²) in [6.45, 7) is 0. The van der Waals surface area contributed by atoms with Gasteiger partial charge in [-0.3, -0.25) is 4.79 Å². The van der Waals surface area contributed by atoms with Crippen LogP contribution in [0, 0.1) is 11.6 Å². The molecule has 6 aromatic rings. The van der Waals surface area contributed by atoms with Crippen molar-refractivity contribution in [3.63, 3.8) is 0 Å². The van der Waals surface area contributed by atoms with Gasteiger partial charge in [-0.15, -0.1) is 5.10 Å². The third-order valence-electron chi connectivity index (χ3n) is 5.76. The molecule has 3 heterocycles. The maximum Gasteiger partial charge on any atom is 0.291 e. The van der Waals surface area contributed by atoms with Crippen molar-refractivity contribution in [3.05, 3.63) is 111 Å². The van der Waals surface area contributed by atoms with Crippen LogP contribution >= 0.6 is 11.3 Å². The van der Waals surface area contributed by atoms with E-state index in [0.717, 1.165) is 5.69 Å². The molecule has 182 valence electrons. The Morgan fingerprint density at radius 1 is 0.946 bits per heavy atom. The van der Waals surface area contributed by atoms with Crippen LogP contribution in [0.15, 0.2) is 83.8 Å². The molecule has 0 aliphatic heterocycles. The van der Waals surface area contributed by atoms with Crippen molar-refractivity contribution >= 4 is 22.4 Å². The van der Waals surface area contributed by atoms with Gasteiger partial charge in [-0.05, 0) is 60.7 Å². The first-order chi connectivity index (χ1) is 18.0. The monoisotopic (exact) mass is 513 g/mol. The Bertz CT molecular complexity index is 1860. The highest BCUT2D eigenvalue weighted by atomic mass is 32.1. The third-order valence-corrected chi connectivity index (χ3v) is 6.72. The Morgan fingerprint density at radius 2 is 1.70 bits per heavy atom. The van der Waals surface area contributed by atoms with Crippen LogP contribution in [-0.2, 0) is 0 Å². The summed E-state index contributed by atoms with van der Waals surface area (Å²) in [7, 11) is 1.40. The molecule has 0 atom stereocenters. The number of hydrogen-bond donors (Lipinski definition) is 0. The topological polar surface area (TPSA) is 74.3 Å². The number of halogens is 2. The molecule has 0 radical (unpaired) electrons. The predicted octanol–water partition coefficient (Wildman–Crippen LogP) is 4.51. The van der Waals surface area contributed by atoms with Crippen molar-refractivity contribution < 1.29 is 13.5 Å². The summed E-state index contributed by atoms with van der Waals surface area (Å²) in [6, 6.07) is 19.8. The molecular formula is C27H17F2N5O2S. The Balaban J connectivity index is 1.48. The average molecular weight is 514 g/mol. The molecule has 37 heavy (non-hydrogen) atoms. The first-order valence-electron chi connectivity index (χ1n) is 11.2. The molecule has 0 unspecified atom stereocenters. The van der Waals surface area contributed by atoms with Crippen molar-refractivity contribution in [1.82, 2.24) is 24.4 Å². The number of rotatable bonds is 5. The Hall–Kier alpha value is -4.70.